The van der Waals surface area contributed by atoms with Crippen molar-refractivity contribution in [1.82, 2.24) is 9.13 Å². The molecule has 0 aromatic heterocycles. The summed E-state index contributed by atoms with van der Waals surface area (Å²) >= 11 is 4.12. The maximum Gasteiger partial charge on any atom is 0.264 e. The summed E-state index contributed by atoms with van der Waals surface area (Å²) < 4.78 is 5.47. The Morgan fingerprint density at radius 1 is 0.600 bits per heavy atom. The summed E-state index contributed by atoms with van der Waals surface area (Å²) in [4.78, 5) is 0. The summed E-state index contributed by atoms with van der Waals surface area (Å²) in [5.74, 6) is 2.95. The highest BCUT2D eigenvalue weighted by molar-refractivity contribution is 9.24. The lowest BCUT2D eigenvalue weighted by atomic mass is 10.2. The van der Waals surface area contributed by atoms with E-state index in [0.29, 0.717) is 0 Å². The highest BCUT2D eigenvalue weighted by atomic mass is 79.9. The SMILES string of the molecule is CC(C)CN(CC(C)C)[SiH](Br)N(CC(C)C)CC(C)C. The van der Waals surface area contributed by atoms with E-state index in [2.05, 4.69) is 79.8 Å². The third kappa shape index (κ3) is 9.53. The van der Waals surface area contributed by atoms with Gasteiger partial charge < -0.3 is 9.13 Å². The van der Waals surface area contributed by atoms with E-state index in [9.17, 15) is 0 Å². The topological polar surface area (TPSA) is 6.48 Å². The Bertz CT molecular complexity index is 201. The molecule has 0 aromatic carbocycles. The van der Waals surface area contributed by atoms with Crippen LogP contribution in [0.15, 0.2) is 0 Å². The van der Waals surface area contributed by atoms with Crippen LogP contribution in [-0.2, 0) is 0 Å². The van der Waals surface area contributed by atoms with Gasteiger partial charge in [0, 0.05) is 0 Å². The normalized spacial score (nSPS) is 13.2. The van der Waals surface area contributed by atoms with Gasteiger partial charge in [0.05, 0.1) is 0 Å². The Hall–Kier alpha value is 0.617. The van der Waals surface area contributed by atoms with Crippen LogP contribution in [0, 0.1) is 23.7 Å². The largest absolute Gasteiger partial charge is 0.305 e. The molecule has 0 saturated carbocycles. The fraction of sp³-hybridized carbons (Fsp3) is 1.00. The summed E-state index contributed by atoms with van der Waals surface area (Å²) in [5, 5.41) is 0. The number of hydrogen-bond acceptors (Lipinski definition) is 2. The van der Waals surface area contributed by atoms with Crippen molar-refractivity contribution in [2.75, 3.05) is 26.2 Å². The van der Waals surface area contributed by atoms with Gasteiger partial charge in [0.15, 0.2) is 0 Å². The fourth-order valence-corrected chi connectivity index (χ4v) is 7.45. The molecule has 0 aromatic rings. The zero-order valence-corrected chi connectivity index (χ0v) is 17.7. The first-order valence-electron chi connectivity index (χ1n) is 8.25. The number of halogens is 1. The van der Waals surface area contributed by atoms with Crippen molar-refractivity contribution >= 4 is 23.0 Å². The van der Waals surface area contributed by atoms with Crippen molar-refractivity contribution in [3.05, 3.63) is 0 Å². The van der Waals surface area contributed by atoms with Crippen LogP contribution in [0.2, 0.25) is 0 Å². The first-order valence-corrected chi connectivity index (χ1v) is 12.5. The monoisotopic (exact) mass is 364 g/mol. The lowest BCUT2D eigenvalue weighted by molar-refractivity contribution is 0.278. The van der Waals surface area contributed by atoms with Crippen LogP contribution in [0.5, 0.6) is 0 Å². The van der Waals surface area contributed by atoms with Gasteiger partial charge >= 0.3 is 0 Å². The van der Waals surface area contributed by atoms with Gasteiger partial charge in [0.25, 0.3) is 7.74 Å². The molecule has 0 spiro atoms. The first-order chi connectivity index (χ1) is 9.13. The summed E-state index contributed by atoms with van der Waals surface area (Å²) in [5.41, 5.74) is 0. The summed E-state index contributed by atoms with van der Waals surface area (Å²) in [6.07, 6.45) is 0. The van der Waals surface area contributed by atoms with Crippen molar-refractivity contribution in [2.45, 2.75) is 55.4 Å². The Morgan fingerprint density at radius 3 is 0.950 bits per heavy atom. The molecule has 0 bridgehead atoms. The minimum absolute atomic E-state index is 0.737. The molecule has 0 rings (SSSR count). The van der Waals surface area contributed by atoms with E-state index in [1.807, 2.05) is 0 Å². The lowest BCUT2D eigenvalue weighted by Crippen LogP contribution is -2.53. The third-order valence-electron chi connectivity index (χ3n) is 3.00. The first kappa shape index (κ1) is 20.6. The van der Waals surface area contributed by atoms with Crippen LogP contribution in [-0.4, -0.2) is 43.0 Å². The lowest BCUT2D eigenvalue weighted by Gasteiger charge is -2.38. The Kier molecular flexibility index (Phi) is 10.7. The molecule has 20 heavy (non-hydrogen) atoms. The van der Waals surface area contributed by atoms with Gasteiger partial charge in [0.1, 0.15) is 0 Å². The predicted molar refractivity (Wildman–Crippen MR) is 98.6 cm³/mol. The smallest absolute Gasteiger partial charge is 0.264 e. The van der Waals surface area contributed by atoms with E-state index in [0.717, 1.165) is 23.7 Å². The molecule has 0 radical (unpaired) electrons. The minimum atomic E-state index is -1.18. The highest BCUT2D eigenvalue weighted by Crippen LogP contribution is 2.17. The maximum atomic E-state index is 4.12. The standard InChI is InChI=1S/C16H37BrN2Si/c1-13(2)9-18(10-14(3)4)20(17)19(11-15(5)6)12-16(7)8/h13-16,20H,9-12H2,1-8H3. The van der Waals surface area contributed by atoms with Gasteiger partial charge in [-0.15, -0.1) is 0 Å². The molecule has 122 valence electrons. The molecule has 0 unspecified atom stereocenters. The molecule has 2 nitrogen and oxygen atoms in total. The summed E-state index contributed by atoms with van der Waals surface area (Å²) in [6.45, 7) is 23.5. The second-order valence-corrected chi connectivity index (χ2v) is 12.3. The summed E-state index contributed by atoms with van der Waals surface area (Å²) in [7, 11) is -1.18. The Morgan fingerprint density at radius 2 is 0.800 bits per heavy atom. The summed E-state index contributed by atoms with van der Waals surface area (Å²) in [6, 6.07) is 0. The quantitative estimate of drug-likeness (QED) is 0.420. The van der Waals surface area contributed by atoms with E-state index in [1.165, 1.54) is 26.2 Å². The van der Waals surface area contributed by atoms with Crippen molar-refractivity contribution in [3.8, 4) is 0 Å². The van der Waals surface area contributed by atoms with Crippen molar-refractivity contribution in [3.63, 3.8) is 0 Å². The molecule has 0 fully saturated rings. The van der Waals surface area contributed by atoms with Gasteiger partial charge in [0.2, 0.25) is 0 Å². The zero-order valence-electron chi connectivity index (χ0n) is 15.0. The number of nitrogens with zero attached hydrogens (tertiary/aromatic N) is 2. The molecular formula is C16H37BrN2Si. The van der Waals surface area contributed by atoms with E-state index in [1.54, 1.807) is 0 Å². The fourth-order valence-electron chi connectivity index (χ4n) is 2.60. The molecule has 0 saturated heterocycles. The second-order valence-electron chi connectivity index (χ2n) is 7.79. The van der Waals surface area contributed by atoms with E-state index in [-0.39, 0.29) is 0 Å². The van der Waals surface area contributed by atoms with Crippen LogP contribution >= 0.6 is 15.3 Å². The number of rotatable bonds is 10. The van der Waals surface area contributed by atoms with Crippen molar-refractivity contribution in [1.29, 1.82) is 0 Å². The van der Waals surface area contributed by atoms with Crippen LogP contribution < -0.4 is 0 Å². The van der Waals surface area contributed by atoms with Crippen LogP contribution in [0.3, 0.4) is 0 Å². The zero-order chi connectivity index (χ0) is 15.9. The van der Waals surface area contributed by atoms with E-state index >= 15 is 0 Å². The molecular weight excluding hydrogens is 328 g/mol. The van der Waals surface area contributed by atoms with E-state index in [4.69, 9.17) is 0 Å². The Balaban J connectivity index is 4.85. The van der Waals surface area contributed by atoms with Gasteiger partial charge in [-0.3, -0.25) is 0 Å². The van der Waals surface area contributed by atoms with Crippen LogP contribution in [0.4, 0.5) is 0 Å². The van der Waals surface area contributed by atoms with Crippen LogP contribution in [0.25, 0.3) is 0 Å². The predicted octanol–water partition coefficient (Wildman–Crippen LogP) is 4.33. The van der Waals surface area contributed by atoms with Gasteiger partial charge in [-0.25, -0.2) is 0 Å². The molecule has 0 atom stereocenters. The van der Waals surface area contributed by atoms with Gasteiger partial charge in [-0.2, -0.15) is 0 Å². The van der Waals surface area contributed by atoms with Crippen LogP contribution in [0.1, 0.15) is 55.4 Å². The molecule has 0 amide bonds. The minimum Gasteiger partial charge on any atom is -0.305 e. The highest BCUT2D eigenvalue weighted by Gasteiger charge is 2.27. The molecule has 0 N–H and O–H groups in total. The number of hydrogen-bond donors (Lipinski definition) is 0. The van der Waals surface area contributed by atoms with Crippen molar-refractivity contribution in [2.24, 2.45) is 23.7 Å². The Labute approximate surface area is 137 Å². The maximum absolute atomic E-state index is 4.12. The third-order valence-corrected chi connectivity index (χ3v) is 8.52. The molecule has 0 aliphatic heterocycles. The molecule has 0 heterocycles. The van der Waals surface area contributed by atoms with Crippen molar-refractivity contribution < 1.29 is 0 Å². The van der Waals surface area contributed by atoms with Gasteiger partial charge in [-0.05, 0) is 49.9 Å². The molecule has 4 heteroatoms. The average molecular weight is 365 g/mol. The average Bonchev–Trinajstić information content (AvgIpc) is 2.23. The van der Waals surface area contributed by atoms with Gasteiger partial charge in [-0.1, -0.05) is 70.7 Å². The molecule has 0 aliphatic carbocycles. The second kappa shape index (κ2) is 10.4. The molecule has 0 aliphatic rings. The van der Waals surface area contributed by atoms with E-state index < -0.39 is 7.74 Å².